The normalized spacial score (nSPS) is 13.8. The molecule has 0 aromatic heterocycles. The second kappa shape index (κ2) is 6.53. The maximum atomic E-state index is 12.0. The molecule has 0 radical (unpaired) electrons. The average Bonchev–Trinajstić information content (AvgIpc) is 2.29. The molecule has 1 rings (SSSR count). The zero-order chi connectivity index (χ0) is 14.6. The van der Waals surface area contributed by atoms with Crippen molar-refractivity contribution in [3.8, 4) is 0 Å². The zero-order valence-electron chi connectivity index (χ0n) is 12.5. The number of aryl methyl sites for hydroxylation is 2. The zero-order valence-corrected chi connectivity index (χ0v) is 13.3. The minimum atomic E-state index is -3.20. The number of hydrogen-bond acceptors (Lipinski definition) is 2. The van der Waals surface area contributed by atoms with Gasteiger partial charge in [-0.3, -0.25) is 0 Å². The SMILES string of the molecule is Cc1ccc(C)c(C(C)NS(=O)(=O)CCC(C)C)c1. The molecule has 0 amide bonds. The molecule has 0 fully saturated rings. The summed E-state index contributed by atoms with van der Waals surface area (Å²) in [7, 11) is -3.20. The summed E-state index contributed by atoms with van der Waals surface area (Å²) in [6.07, 6.45) is 0.689. The summed E-state index contributed by atoms with van der Waals surface area (Å²) in [4.78, 5) is 0. The number of sulfonamides is 1. The fraction of sp³-hybridized carbons (Fsp3) is 0.600. The molecule has 0 bridgehead atoms. The lowest BCUT2D eigenvalue weighted by Gasteiger charge is -2.18. The Labute approximate surface area is 117 Å². The van der Waals surface area contributed by atoms with Crippen LogP contribution < -0.4 is 4.72 Å². The Hall–Kier alpha value is -0.870. The van der Waals surface area contributed by atoms with Crippen LogP contribution in [0.15, 0.2) is 18.2 Å². The second-order valence-corrected chi connectivity index (χ2v) is 7.57. The molecule has 0 saturated carbocycles. The summed E-state index contributed by atoms with van der Waals surface area (Å²) in [6, 6.07) is 5.94. The van der Waals surface area contributed by atoms with Gasteiger partial charge in [-0.15, -0.1) is 0 Å². The largest absolute Gasteiger partial charge is 0.212 e. The van der Waals surface area contributed by atoms with Crippen molar-refractivity contribution in [2.24, 2.45) is 5.92 Å². The van der Waals surface area contributed by atoms with Gasteiger partial charge in [-0.1, -0.05) is 37.6 Å². The smallest absolute Gasteiger partial charge is 0.212 e. The lowest BCUT2D eigenvalue weighted by Crippen LogP contribution is -2.30. The highest BCUT2D eigenvalue weighted by atomic mass is 32.2. The third-order valence-electron chi connectivity index (χ3n) is 3.22. The van der Waals surface area contributed by atoms with Gasteiger partial charge in [0, 0.05) is 6.04 Å². The van der Waals surface area contributed by atoms with E-state index in [1.54, 1.807) is 0 Å². The summed E-state index contributed by atoms with van der Waals surface area (Å²) < 4.78 is 26.8. The van der Waals surface area contributed by atoms with Crippen LogP contribution in [-0.4, -0.2) is 14.2 Å². The van der Waals surface area contributed by atoms with Crippen LogP contribution in [-0.2, 0) is 10.0 Å². The summed E-state index contributed by atoms with van der Waals surface area (Å²) in [5.41, 5.74) is 3.31. The van der Waals surface area contributed by atoms with E-state index in [-0.39, 0.29) is 11.8 Å². The fourth-order valence-electron chi connectivity index (χ4n) is 2.01. The van der Waals surface area contributed by atoms with Gasteiger partial charge in [0.25, 0.3) is 0 Å². The summed E-state index contributed by atoms with van der Waals surface area (Å²) in [5.74, 6) is 0.590. The molecule has 0 saturated heterocycles. The van der Waals surface area contributed by atoms with E-state index in [2.05, 4.69) is 4.72 Å². The Morgan fingerprint density at radius 3 is 2.37 bits per heavy atom. The van der Waals surface area contributed by atoms with Crippen LogP contribution in [0.1, 0.15) is 49.9 Å². The fourth-order valence-corrected chi connectivity index (χ4v) is 3.57. The Bertz CT molecular complexity index is 521. The van der Waals surface area contributed by atoms with Crippen LogP contribution in [0, 0.1) is 19.8 Å². The first kappa shape index (κ1) is 16.2. The Morgan fingerprint density at radius 2 is 1.79 bits per heavy atom. The van der Waals surface area contributed by atoms with E-state index in [9.17, 15) is 8.42 Å². The first-order chi connectivity index (χ1) is 8.71. The quantitative estimate of drug-likeness (QED) is 0.870. The maximum Gasteiger partial charge on any atom is 0.212 e. The first-order valence-corrected chi connectivity index (χ1v) is 8.43. The lowest BCUT2D eigenvalue weighted by molar-refractivity contribution is 0.550. The Balaban J connectivity index is 2.78. The number of benzene rings is 1. The topological polar surface area (TPSA) is 46.2 Å². The second-order valence-electron chi connectivity index (χ2n) is 5.70. The minimum absolute atomic E-state index is 0.183. The van der Waals surface area contributed by atoms with E-state index in [4.69, 9.17) is 0 Å². The molecule has 1 aromatic carbocycles. The molecule has 0 aliphatic carbocycles. The minimum Gasteiger partial charge on any atom is -0.212 e. The summed E-state index contributed by atoms with van der Waals surface area (Å²) in [5, 5.41) is 0. The molecule has 0 heterocycles. The molecule has 1 N–H and O–H groups in total. The third-order valence-corrected chi connectivity index (χ3v) is 4.71. The van der Waals surface area contributed by atoms with Gasteiger partial charge in [0.05, 0.1) is 5.75 Å². The highest BCUT2D eigenvalue weighted by molar-refractivity contribution is 7.89. The van der Waals surface area contributed by atoms with Crippen molar-refractivity contribution in [1.29, 1.82) is 0 Å². The van der Waals surface area contributed by atoms with Crippen LogP contribution in [0.5, 0.6) is 0 Å². The summed E-state index contributed by atoms with van der Waals surface area (Å²) >= 11 is 0. The van der Waals surface area contributed by atoms with E-state index >= 15 is 0 Å². The van der Waals surface area contributed by atoms with Gasteiger partial charge < -0.3 is 0 Å². The molecule has 1 unspecified atom stereocenters. The van der Waals surface area contributed by atoms with Crippen LogP contribution in [0.25, 0.3) is 0 Å². The Morgan fingerprint density at radius 1 is 1.16 bits per heavy atom. The molecule has 108 valence electrons. The van der Waals surface area contributed by atoms with E-state index < -0.39 is 10.0 Å². The predicted octanol–water partition coefficient (Wildman–Crippen LogP) is 3.33. The standard InChI is InChI=1S/C15H25NO2S/c1-11(2)8-9-19(17,18)16-14(5)15-10-12(3)6-7-13(15)4/h6-7,10-11,14,16H,8-9H2,1-5H3. The van der Waals surface area contributed by atoms with Crippen molar-refractivity contribution in [3.05, 3.63) is 34.9 Å². The molecular weight excluding hydrogens is 258 g/mol. The molecule has 0 aliphatic heterocycles. The molecule has 3 nitrogen and oxygen atoms in total. The van der Waals surface area contributed by atoms with E-state index in [0.717, 1.165) is 16.7 Å². The van der Waals surface area contributed by atoms with Gasteiger partial charge >= 0.3 is 0 Å². The van der Waals surface area contributed by atoms with Crippen molar-refractivity contribution >= 4 is 10.0 Å². The van der Waals surface area contributed by atoms with E-state index in [0.29, 0.717) is 12.3 Å². The highest BCUT2D eigenvalue weighted by Gasteiger charge is 2.17. The van der Waals surface area contributed by atoms with Crippen LogP contribution in [0.4, 0.5) is 0 Å². The van der Waals surface area contributed by atoms with Crippen molar-refractivity contribution < 1.29 is 8.42 Å². The van der Waals surface area contributed by atoms with Gasteiger partial charge in [-0.25, -0.2) is 13.1 Å². The molecule has 4 heteroatoms. The van der Waals surface area contributed by atoms with Crippen molar-refractivity contribution in [3.63, 3.8) is 0 Å². The third kappa shape index (κ3) is 5.33. The number of hydrogen-bond donors (Lipinski definition) is 1. The molecule has 0 spiro atoms. The van der Waals surface area contributed by atoms with Gasteiger partial charge in [0.2, 0.25) is 10.0 Å². The van der Waals surface area contributed by atoms with Crippen molar-refractivity contribution in [2.75, 3.05) is 5.75 Å². The van der Waals surface area contributed by atoms with Crippen molar-refractivity contribution in [1.82, 2.24) is 4.72 Å². The summed E-state index contributed by atoms with van der Waals surface area (Å²) in [6.45, 7) is 9.98. The maximum absolute atomic E-state index is 12.0. The highest BCUT2D eigenvalue weighted by Crippen LogP contribution is 2.20. The monoisotopic (exact) mass is 283 g/mol. The average molecular weight is 283 g/mol. The van der Waals surface area contributed by atoms with Crippen LogP contribution >= 0.6 is 0 Å². The molecule has 0 aliphatic rings. The van der Waals surface area contributed by atoms with Crippen molar-refractivity contribution in [2.45, 2.75) is 47.1 Å². The van der Waals surface area contributed by atoms with Gasteiger partial charge in [-0.05, 0) is 44.2 Å². The van der Waals surface area contributed by atoms with Gasteiger partial charge in [-0.2, -0.15) is 0 Å². The van der Waals surface area contributed by atoms with Gasteiger partial charge in [0.1, 0.15) is 0 Å². The number of nitrogens with one attached hydrogen (secondary N) is 1. The molecular formula is C15H25NO2S. The Kier molecular flexibility index (Phi) is 5.56. The molecule has 1 atom stereocenters. The van der Waals surface area contributed by atoms with Crippen LogP contribution in [0.3, 0.4) is 0 Å². The lowest BCUT2D eigenvalue weighted by atomic mass is 10.0. The molecule has 1 aromatic rings. The first-order valence-electron chi connectivity index (χ1n) is 6.78. The van der Waals surface area contributed by atoms with Gasteiger partial charge in [0.15, 0.2) is 0 Å². The molecule has 19 heavy (non-hydrogen) atoms. The number of rotatable bonds is 6. The van der Waals surface area contributed by atoms with E-state index in [1.807, 2.05) is 52.8 Å². The van der Waals surface area contributed by atoms with E-state index in [1.165, 1.54) is 0 Å². The predicted molar refractivity (Wildman–Crippen MR) is 80.7 cm³/mol. The van der Waals surface area contributed by atoms with Crippen LogP contribution in [0.2, 0.25) is 0 Å².